The number of amides is 2. The largest absolute Gasteiger partial charge is 0.480 e. The van der Waals surface area contributed by atoms with E-state index in [0.29, 0.717) is 12.1 Å². The highest BCUT2D eigenvalue weighted by Crippen LogP contribution is 1.93. The number of nitrogens with zero attached hydrogens (tertiary/aromatic N) is 1. The van der Waals surface area contributed by atoms with Gasteiger partial charge in [-0.15, -0.1) is 0 Å². The molecule has 1 unspecified atom stereocenters. The fourth-order valence-electron chi connectivity index (χ4n) is 1.22. The van der Waals surface area contributed by atoms with E-state index >= 15 is 0 Å². The van der Waals surface area contributed by atoms with Gasteiger partial charge in [0.05, 0.1) is 12.2 Å². The second-order valence-corrected chi connectivity index (χ2v) is 3.45. The van der Waals surface area contributed by atoms with E-state index in [4.69, 9.17) is 5.11 Å². The molecule has 6 nitrogen and oxygen atoms in total. The number of carbonyl (C=O) groups is 2. The van der Waals surface area contributed by atoms with Gasteiger partial charge in [0.25, 0.3) is 0 Å². The van der Waals surface area contributed by atoms with Gasteiger partial charge in [0.2, 0.25) is 0 Å². The van der Waals surface area contributed by atoms with E-state index in [9.17, 15) is 9.59 Å². The standard InChI is InChI=1S/C11H15N3O3/c1-2-9(10(15)16)14-11(17)13-7-8-5-3-4-6-12-8/h3-6,9H,2,7H2,1H3,(H,15,16)(H2,13,14,17). The Labute approximate surface area is 99.1 Å². The van der Waals surface area contributed by atoms with Crippen molar-refractivity contribution >= 4 is 12.0 Å². The second kappa shape index (κ2) is 6.47. The van der Waals surface area contributed by atoms with Gasteiger partial charge in [-0.1, -0.05) is 13.0 Å². The summed E-state index contributed by atoms with van der Waals surface area (Å²) in [6.07, 6.45) is 1.97. The Morgan fingerprint density at radius 2 is 2.24 bits per heavy atom. The Bertz CT molecular complexity index is 381. The maximum absolute atomic E-state index is 11.4. The first-order valence-electron chi connectivity index (χ1n) is 5.30. The molecule has 92 valence electrons. The van der Waals surface area contributed by atoms with E-state index in [1.807, 2.05) is 6.07 Å². The Hall–Kier alpha value is -2.11. The van der Waals surface area contributed by atoms with Crippen molar-refractivity contribution in [3.05, 3.63) is 30.1 Å². The van der Waals surface area contributed by atoms with Crippen LogP contribution in [0, 0.1) is 0 Å². The van der Waals surface area contributed by atoms with Crippen molar-refractivity contribution in [1.82, 2.24) is 15.6 Å². The minimum absolute atomic E-state index is 0.267. The molecule has 0 aliphatic carbocycles. The molecule has 1 aromatic heterocycles. The molecule has 3 N–H and O–H groups in total. The topological polar surface area (TPSA) is 91.3 Å². The molecule has 0 aromatic carbocycles. The Balaban J connectivity index is 2.37. The van der Waals surface area contributed by atoms with Crippen LogP contribution in [-0.4, -0.2) is 28.1 Å². The minimum Gasteiger partial charge on any atom is -0.480 e. The monoisotopic (exact) mass is 237 g/mol. The number of pyridine rings is 1. The lowest BCUT2D eigenvalue weighted by Gasteiger charge is -2.12. The van der Waals surface area contributed by atoms with Crippen molar-refractivity contribution in [2.24, 2.45) is 0 Å². The summed E-state index contributed by atoms with van der Waals surface area (Å²) in [6.45, 7) is 1.96. The Morgan fingerprint density at radius 1 is 1.47 bits per heavy atom. The SMILES string of the molecule is CCC(NC(=O)NCc1ccccn1)C(=O)O. The van der Waals surface area contributed by atoms with Gasteiger partial charge < -0.3 is 15.7 Å². The number of aromatic nitrogens is 1. The molecule has 6 heteroatoms. The summed E-state index contributed by atoms with van der Waals surface area (Å²) in [5.74, 6) is -1.04. The molecule has 0 radical (unpaired) electrons. The third kappa shape index (κ3) is 4.50. The quantitative estimate of drug-likeness (QED) is 0.704. The molecule has 0 bridgehead atoms. The summed E-state index contributed by atoms with van der Waals surface area (Å²) in [6, 6.07) is 3.99. The first-order chi connectivity index (χ1) is 8.13. The van der Waals surface area contributed by atoms with E-state index in [-0.39, 0.29) is 6.54 Å². The van der Waals surface area contributed by atoms with Crippen molar-refractivity contribution in [3.8, 4) is 0 Å². The van der Waals surface area contributed by atoms with Gasteiger partial charge in [0, 0.05) is 6.20 Å². The number of hydrogen-bond donors (Lipinski definition) is 3. The highest BCUT2D eigenvalue weighted by Gasteiger charge is 2.16. The van der Waals surface area contributed by atoms with Gasteiger partial charge >= 0.3 is 12.0 Å². The molecular weight excluding hydrogens is 222 g/mol. The molecule has 17 heavy (non-hydrogen) atoms. The van der Waals surface area contributed by atoms with E-state index in [0.717, 1.165) is 0 Å². The van der Waals surface area contributed by atoms with Crippen LogP contribution in [0.3, 0.4) is 0 Å². The molecule has 2 amide bonds. The van der Waals surface area contributed by atoms with Crippen molar-refractivity contribution in [3.63, 3.8) is 0 Å². The van der Waals surface area contributed by atoms with Crippen LogP contribution < -0.4 is 10.6 Å². The maximum atomic E-state index is 11.4. The summed E-state index contributed by atoms with van der Waals surface area (Å²) < 4.78 is 0. The lowest BCUT2D eigenvalue weighted by atomic mass is 10.2. The number of hydrogen-bond acceptors (Lipinski definition) is 3. The van der Waals surface area contributed by atoms with Crippen LogP contribution >= 0.6 is 0 Å². The molecule has 1 atom stereocenters. The number of rotatable bonds is 5. The van der Waals surface area contributed by atoms with E-state index in [1.54, 1.807) is 25.3 Å². The molecule has 1 rings (SSSR count). The fraction of sp³-hybridized carbons (Fsp3) is 0.364. The van der Waals surface area contributed by atoms with Gasteiger partial charge in [-0.2, -0.15) is 0 Å². The summed E-state index contributed by atoms with van der Waals surface area (Å²) in [5, 5.41) is 13.7. The molecule has 0 saturated heterocycles. The van der Waals surface area contributed by atoms with Crippen molar-refractivity contribution in [1.29, 1.82) is 0 Å². The zero-order chi connectivity index (χ0) is 12.7. The minimum atomic E-state index is -1.04. The summed E-state index contributed by atoms with van der Waals surface area (Å²) >= 11 is 0. The first-order valence-corrected chi connectivity index (χ1v) is 5.30. The van der Waals surface area contributed by atoms with Gasteiger partial charge in [0.1, 0.15) is 6.04 Å². The molecule has 0 saturated carbocycles. The molecule has 1 heterocycles. The van der Waals surface area contributed by atoms with Crippen molar-refractivity contribution in [2.45, 2.75) is 25.9 Å². The van der Waals surface area contributed by atoms with Gasteiger partial charge in [-0.25, -0.2) is 9.59 Å². The fourth-order valence-corrected chi connectivity index (χ4v) is 1.22. The first kappa shape index (κ1) is 13.0. The summed E-state index contributed by atoms with van der Waals surface area (Å²) in [7, 11) is 0. The van der Waals surface area contributed by atoms with Crippen LogP contribution in [0.5, 0.6) is 0 Å². The van der Waals surface area contributed by atoms with Crippen molar-refractivity contribution in [2.75, 3.05) is 0 Å². The highest BCUT2D eigenvalue weighted by atomic mass is 16.4. The third-order valence-corrected chi connectivity index (χ3v) is 2.17. The van der Waals surface area contributed by atoms with Gasteiger partial charge in [0.15, 0.2) is 0 Å². The van der Waals surface area contributed by atoms with Crippen LogP contribution in [-0.2, 0) is 11.3 Å². The predicted molar refractivity (Wildman–Crippen MR) is 61.3 cm³/mol. The number of carbonyl (C=O) groups excluding carboxylic acids is 1. The number of nitrogens with one attached hydrogen (secondary N) is 2. The lowest BCUT2D eigenvalue weighted by Crippen LogP contribution is -2.45. The number of aliphatic carboxylic acids is 1. The van der Waals surface area contributed by atoms with Crippen LogP contribution in [0.25, 0.3) is 0 Å². The molecule has 0 aliphatic rings. The summed E-state index contributed by atoms with van der Waals surface area (Å²) in [5.41, 5.74) is 0.714. The Morgan fingerprint density at radius 3 is 2.76 bits per heavy atom. The number of carboxylic acid groups (broad SMARTS) is 1. The van der Waals surface area contributed by atoms with Crippen LogP contribution in [0.2, 0.25) is 0 Å². The zero-order valence-corrected chi connectivity index (χ0v) is 9.51. The second-order valence-electron chi connectivity index (χ2n) is 3.45. The maximum Gasteiger partial charge on any atom is 0.326 e. The van der Waals surface area contributed by atoms with Crippen LogP contribution in [0.1, 0.15) is 19.0 Å². The highest BCUT2D eigenvalue weighted by molar-refractivity contribution is 5.82. The van der Waals surface area contributed by atoms with Crippen LogP contribution in [0.15, 0.2) is 24.4 Å². The molecule has 1 aromatic rings. The molecule has 0 spiro atoms. The average Bonchev–Trinajstić information content (AvgIpc) is 2.34. The van der Waals surface area contributed by atoms with Crippen molar-refractivity contribution < 1.29 is 14.7 Å². The number of carboxylic acids is 1. The third-order valence-electron chi connectivity index (χ3n) is 2.17. The number of urea groups is 1. The molecular formula is C11H15N3O3. The normalized spacial score (nSPS) is 11.6. The smallest absolute Gasteiger partial charge is 0.326 e. The predicted octanol–water partition coefficient (Wildman–Crippen LogP) is 0.744. The average molecular weight is 237 g/mol. The van der Waals surface area contributed by atoms with E-state index in [1.165, 1.54) is 0 Å². The van der Waals surface area contributed by atoms with Gasteiger partial charge in [-0.3, -0.25) is 4.98 Å². The molecule has 0 fully saturated rings. The van der Waals surface area contributed by atoms with E-state index < -0.39 is 18.0 Å². The zero-order valence-electron chi connectivity index (χ0n) is 9.51. The van der Waals surface area contributed by atoms with Crippen LogP contribution in [0.4, 0.5) is 4.79 Å². The van der Waals surface area contributed by atoms with Gasteiger partial charge in [-0.05, 0) is 18.6 Å². The van der Waals surface area contributed by atoms with E-state index in [2.05, 4.69) is 15.6 Å². The molecule has 0 aliphatic heterocycles. The summed E-state index contributed by atoms with van der Waals surface area (Å²) in [4.78, 5) is 26.1. The Kier molecular flexibility index (Phi) is 4.93. The lowest BCUT2D eigenvalue weighted by molar-refractivity contribution is -0.139.